The van der Waals surface area contributed by atoms with Gasteiger partial charge in [-0.15, -0.1) is 0 Å². The fraction of sp³-hybridized carbons (Fsp3) is 0.250. The van der Waals surface area contributed by atoms with Crippen LogP contribution in [0.1, 0.15) is 6.99 Å². The molecule has 1 rings (SSSR count). The molecule has 0 radical (unpaired) electrons. The molecule has 0 aliphatic rings. The maximum atomic E-state index is 10.6. The van der Waals surface area contributed by atoms with Gasteiger partial charge in [0.2, 0.25) is 0 Å². The van der Waals surface area contributed by atoms with Crippen LogP contribution in [0.2, 0.25) is 0 Å². The molecule has 84 valence electrons. The fourth-order valence-corrected chi connectivity index (χ4v) is 1.62. The second-order valence-corrected chi connectivity index (χ2v) is 3.65. The van der Waals surface area contributed by atoms with Crippen LogP contribution in [-0.4, -0.2) is 20.8 Å². The number of hydrogen-bond donors (Lipinski definition) is 1. The SMILES string of the molecule is COc1ccc([N+](=O)[O-])cc1CS(=O)O.[H-].[Na+]. The summed E-state index contributed by atoms with van der Waals surface area (Å²) in [6, 6.07) is 3.91. The van der Waals surface area contributed by atoms with Crippen molar-refractivity contribution < 1.29 is 49.4 Å². The second-order valence-electron chi connectivity index (χ2n) is 2.72. The third-order valence-corrected chi connectivity index (χ3v) is 2.31. The molecule has 1 aromatic carbocycles. The van der Waals surface area contributed by atoms with E-state index in [1.165, 1.54) is 25.3 Å². The number of ether oxygens (including phenoxy) is 1. The Balaban J connectivity index is 0. The zero-order valence-electron chi connectivity index (χ0n) is 9.87. The van der Waals surface area contributed by atoms with Crippen LogP contribution < -0.4 is 34.3 Å². The van der Waals surface area contributed by atoms with E-state index in [2.05, 4.69) is 0 Å². The van der Waals surface area contributed by atoms with Gasteiger partial charge in [0.1, 0.15) is 5.75 Å². The van der Waals surface area contributed by atoms with Gasteiger partial charge in [0.15, 0.2) is 11.1 Å². The molecule has 1 atom stereocenters. The molecule has 6 nitrogen and oxygen atoms in total. The minimum Gasteiger partial charge on any atom is -1.00 e. The van der Waals surface area contributed by atoms with Crippen LogP contribution in [0.4, 0.5) is 5.69 Å². The largest absolute Gasteiger partial charge is 1.00 e. The summed E-state index contributed by atoms with van der Waals surface area (Å²) in [5, 5.41) is 10.5. The van der Waals surface area contributed by atoms with E-state index < -0.39 is 16.0 Å². The molecule has 0 aliphatic carbocycles. The quantitative estimate of drug-likeness (QED) is 0.304. The van der Waals surface area contributed by atoms with Gasteiger partial charge >= 0.3 is 29.6 Å². The predicted octanol–water partition coefficient (Wildman–Crippen LogP) is -1.56. The van der Waals surface area contributed by atoms with Crippen molar-refractivity contribution in [2.45, 2.75) is 5.75 Å². The van der Waals surface area contributed by atoms with Crippen molar-refractivity contribution in [1.29, 1.82) is 0 Å². The minimum absolute atomic E-state index is 0. The van der Waals surface area contributed by atoms with E-state index in [-0.39, 0.29) is 42.4 Å². The number of methoxy groups -OCH3 is 1. The Kier molecular flexibility index (Phi) is 6.77. The van der Waals surface area contributed by atoms with Crippen molar-refractivity contribution in [3.05, 3.63) is 33.9 Å². The standard InChI is InChI=1S/C8H9NO5S.Na.H/c1-14-8-3-2-7(9(10)11)4-6(8)5-15(12)13;;/h2-4H,5H2,1H3,(H,12,13);;/q;+1;-1. The fourth-order valence-electron chi connectivity index (χ4n) is 1.12. The summed E-state index contributed by atoms with van der Waals surface area (Å²) >= 11 is -2.05. The summed E-state index contributed by atoms with van der Waals surface area (Å²) in [7, 11) is 1.39. The molecular weight excluding hydrogens is 245 g/mol. The van der Waals surface area contributed by atoms with Gasteiger partial charge in [-0.25, -0.2) is 4.21 Å². The smallest absolute Gasteiger partial charge is 1.00 e. The van der Waals surface area contributed by atoms with E-state index in [0.29, 0.717) is 11.3 Å². The van der Waals surface area contributed by atoms with Gasteiger partial charge < -0.3 is 10.7 Å². The predicted molar refractivity (Wildman–Crippen MR) is 55.2 cm³/mol. The number of benzene rings is 1. The Hall–Kier alpha value is -0.470. The molecular formula is C8H10NNaO5S. The summed E-state index contributed by atoms with van der Waals surface area (Å²) < 4.78 is 24.2. The number of nitrogens with zero attached hydrogens (tertiary/aromatic N) is 1. The van der Waals surface area contributed by atoms with Crippen molar-refractivity contribution in [3.8, 4) is 5.75 Å². The monoisotopic (exact) mass is 255 g/mol. The maximum absolute atomic E-state index is 10.6. The first-order chi connectivity index (χ1) is 7.04. The van der Waals surface area contributed by atoms with Crippen molar-refractivity contribution >= 4 is 16.8 Å². The van der Waals surface area contributed by atoms with Gasteiger partial charge in [-0.3, -0.25) is 10.1 Å². The van der Waals surface area contributed by atoms with Gasteiger partial charge in [0.05, 0.1) is 17.8 Å². The molecule has 0 heterocycles. The van der Waals surface area contributed by atoms with Crippen LogP contribution in [0.25, 0.3) is 0 Å². The maximum Gasteiger partial charge on any atom is 1.00 e. The van der Waals surface area contributed by atoms with Gasteiger partial charge in [-0.2, -0.15) is 0 Å². The third kappa shape index (κ3) is 4.18. The average molecular weight is 255 g/mol. The van der Waals surface area contributed by atoms with Crippen molar-refractivity contribution in [2.24, 2.45) is 0 Å². The zero-order chi connectivity index (χ0) is 11.4. The minimum atomic E-state index is -2.05. The Bertz CT molecular complexity index is 417. The van der Waals surface area contributed by atoms with E-state index in [0.717, 1.165) is 0 Å². The molecule has 16 heavy (non-hydrogen) atoms. The van der Waals surface area contributed by atoms with E-state index in [1.54, 1.807) is 0 Å². The number of non-ortho nitro benzene ring substituents is 1. The van der Waals surface area contributed by atoms with E-state index in [9.17, 15) is 14.3 Å². The summed E-state index contributed by atoms with van der Waals surface area (Å²) in [4.78, 5) is 9.90. The zero-order valence-corrected chi connectivity index (χ0v) is 11.7. The molecule has 8 heteroatoms. The molecule has 1 aromatic rings. The van der Waals surface area contributed by atoms with Crippen LogP contribution in [0, 0.1) is 10.1 Å². The molecule has 0 aliphatic heterocycles. The summed E-state index contributed by atoms with van der Waals surface area (Å²) in [5.41, 5.74) is 0.212. The molecule has 1 unspecified atom stereocenters. The summed E-state index contributed by atoms with van der Waals surface area (Å²) in [5.74, 6) is 0.174. The van der Waals surface area contributed by atoms with Crippen LogP contribution in [0.5, 0.6) is 5.75 Å². The van der Waals surface area contributed by atoms with Crippen molar-refractivity contribution in [2.75, 3.05) is 7.11 Å². The van der Waals surface area contributed by atoms with Gasteiger partial charge in [-0.05, 0) is 6.07 Å². The van der Waals surface area contributed by atoms with E-state index in [1.807, 2.05) is 0 Å². The van der Waals surface area contributed by atoms with Crippen LogP contribution in [0.15, 0.2) is 18.2 Å². The number of nitro groups is 1. The van der Waals surface area contributed by atoms with Crippen molar-refractivity contribution in [3.63, 3.8) is 0 Å². The first kappa shape index (κ1) is 15.5. The Morgan fingerprint density at radius 2 is 2.25 bits per heavy atom. The van der Waals surface area contributed by atoms with E-state index >= 15 is 0 Å². The van der Waals surface area contributed by atoms with Crippen molar-refractivity contribution in [1.82, 2.24) is 0 Å². The molecule has 0 saturated carbocycles. The number of hydrogen-bond acceptors (Lipinski definition) is 4. The van der Waals surface area contributed by atoms with Crippen LogP contribution >= 0.6 is 0 Å². The normalized spacial score (nSPS) is 11.4. The molecule has 0 amide bonds. The first-order valence-electron chi connectivity index (χ1n) is 3.93. The molecule has 0 spiro atoms. The summed E-state index contributed by atoms with van der Waals surface area (Å²) in [6.45, 7) is 0. The molecule has 1 N–H and O–H groups in total. The third-order valence-electron chi connectivity index (χ3n) is 1.75. The average Bonchev–Trinajstić information content (AvgIpc) is 2.16. The van der Waals surface area contributed by atoms with Gasteiger partial charge in [-0.1, -0.05) is 0 Å². The Morgan fingerprint density at radius 3 is 2.69 bits per heavy atom. The summed E-state index contributed by atoms with van der Waals surface area (Å²) in [6.07, 6.45) is 0. The van der Waals surface area contributed by atoms with E-state index in [4.69, 9.17) is 9.29 Å². The topological polar surface area (TPSA) is 89.7 Å². The second kappa shape index (κ2) is 6.97. The number of rotatable bonds is 4. The first-order valence-corrected chi connectivity index (χ1v) is 5.21. The van der Waals surface area contributed by atoms with Gasteiger partial charge in [0, 0.05) is 17.7 Å². The van der Waals surface area contributed by atoms with Gasteiger partial charge in [0.25, 0.3) is 5.69 Å². The Labute approximate surface area is 118 Å². The molecule has 0 aromatic heterocycles. The molecule has 0 bridgehead atoms. The number of nitro benzene ring substituents is 1. The van der Waals surface area contributed by atoms with Crippen LogP contribution in [0.3, 0.4) is 0 Å². The Morgan fingerprint density at radius 1 is 1.62 bits per heavy atom. The van der Waals surface area contributed by atoms with Crippen LogP contribution in [-0.2, 0) is 16.8 Å². The molecule has 0 saturated heterocycles. The molecule has 0 fully saturated rings.